The summed E-state index contributed by atoms with van der Waals surface area (Å²) < 4.78 is 5.34. The van der Waals surface area contributed by atoms with Gasteiger partial charge in [0, 0.05) is 29.6 Å². The summed E-state index contributed by atoms with van der Waals surface area (Å²) in [5, 5.41) is 1.13. The van der Waals surface area contributed by atoms with E-state index in [0.29, 0.717) is 13.0 Å². The van der Waals surface area contributed by atoms with Crippen molar-refractivity contribution in [3.05, 3.63) is 65.4 Å². The van der Waals surface area contributed by atoms with Crippen LogP contribution in [0.5, 0.6) is 5.75 Å². The molecule has 0 bridgehead atoms. The molecule has 2 amide bonds. The van der Waals surface area contributed by atoms with Crippen molar-refractivity contribution in [2.24, 2.45) is 0 Å². The smallest absolute Gasteiger partial charge is 0.246 e. The molecule has 0 unspecified atom stereocenters. The van der Waals surface area contributed by atoms with Gasteiger partial charge in [0.1, 0.15) is 11.8 Å². The Labute approximate surface area is 194 Å². The highest BCUT2D eigenvalue weighted by atomic mass is 16.5. The molecule has 0 aliphatic carbocycles. The molecule has 172 valence electrons. The van der Waals surface area contributed by atoms with Gasteiger partial charge in [-0.1, -0.05) is 56.5 Å². The minimum Gasteiger partial charge on any atom is -0.497 e. The standard InChI is InChI=1S/C27H31N3O3/c1-3-4-5-8-15-29-17-24(31)30-23(27(29)32)16-21-20-9-6-7-10-22(20)28-25(21)26(30)18-11-13-19(33-2)14-12-18/h6-7,9-14,23,26,28H,3-5,8,15-17H2,1-2H3/t23-,26+/m0/s1. The molecule has 2 atom stereocenters. The van der Waals surface area contributed by atoms with Crippen LogP contribution in [-0.4, -0.2) is 52.8 Å². The fourth-order valence-electron chi connectivity index (χ4n) is 5.37. The lowest BCUT2D eigenvalue weighted by atomic mass is 9.86. The third kappa shape index (κ3) is 3.77. The van der Waals surface area contributed by atoms with E-state index in [2.05, 4.69) is 24.0 Å². The van der Waals surface area contributed by atoms with Gasteiger partial charge in [-0.2, -0.15) is 0 Å². The van der Waals surface area contributed by atoms with Crippen molar-refractivity contribution in [1.82, 2.24) is 14.8 Å². The van der Waals surface area contributed by atoms with Crippen LogP contribution >= 0.6 is 0 Å². The van der Waals surface area contributed by atoms with Crippen LogP contribution in [-0.2, 0) is 16.0 Å². The lowest BCUT2D eigenvalue weighted by Crippen LogP contribution is -2.63. The largest absolute Gasteiger partial charge is 0.497 e. The number of nitrogens with zero attached hydrogens (tertiary/aromatic N) is 2. The number of para-hydroxylation sites is 1. The number of rotatable bonds is 7. The molecular weight excluding hydrogens is 414 g/mol. The van der Waals surface area contributed by atoms with E-state index in [1.165, 1.54) is 0 Å². The zero-order valence-electron chi connectivity index (χ0n) is 19.3. The van der Waals surface area contributed by atoms with Gasteiger partial charge in [-0.05, 0) is 35.7 Å². The van der Waals surface area contributed by atoms with Gasteiger partial charge in [-0.15, -0.1) is 0 Å². The lowest BCUT2D eigenvalue weighted by Gasteiger charge is -2.47. The van der Waals surface area contributed by atoms with Crippen LogP contribution in [0, 0.1) is 0 Å². The molecule has 1 aromatic heterocycles. The molecule has 3 aromatic rings. The molecule has 0 radical (unpaired) electrons. The van der Waals surface area contributed by atoms with E-state index in [-0.39, 0.29) is 24.4 Å². The van der Waals surface area contributed by atoms with Gasteiger partial charge in [0.2, 0.25) is 11.8 Å². The maximum Gasteiger partial charge on any atom is 0.246 e. The van der Waals surface area contributed by atoms with Gasteiger partial charge in [-0.25, -0.2) is 0 Å². The first kappa shape index (κ1) is 21.6. The number of nitrogens with one attached hydrogen (secondary N) is 1. The van der Waals surface area contributed by atoms with Crippen molar-refractivity contribution in [2.75, 3.05) is 20.2 Å². The van der Waals surface area contributed by atoms with Crippen molar-refractivity contribution < 1.29 is 14.3 Å². The number of hydrogen-bond acceptors (Lipinski definition) is 3. The maximum atomic E-state index is 13.6. The Morgan fingerprint density at radius 3 is 2.58 bits per heavy atom. The van der Waals surface area contributed by atoms with E-state index >= 15 is 0 Å². The predicted molar refractivity (Wildman–Crippen MR) is 128 cm³/mol. The van der Waals surface area contributed by atoms with Gasteiger partial charge in [-0.3, -0.25) is 9.59 Å². The van der Waals surface area contributed by atoms with Crippen LogP contribution in [0.15, 0.2) is 48.5 Å². The van der Waals surface area contributed by atoms with Crippen molar-refractivity contribution in [3.8, 4) is 5.75 Å². The van der Waals surface area contributed by atoms with E-state index in [1.807, 2.05) is 41.3 Å². The van der Waals surface area contributed by atoms with Gasteiger partial charge in [0.25, 0.3) is 0 Å². The van der Waals surface area contributed by atoms with Crippen molar-refractivity contribution >= 4 is 22.7 Å². The van der Waals surface area contributed by atoms with Crippen LogP contribution in [0.3, 0.4) is 0 Å². The number of unbranched alkanes of at least 4 members (excludes halogenated alkanes) is 3. The number of ether oxygens (including phenoxy) is 1. The molecule has 3 heterocycles. The maximum absolute atomic E-state index is 13.6. The highest BCUT2D eigenvalue weighted by molar-refractivity contribution is 5.97. The molecule has 33 heavy (non-hydrogen) atoms. The molecule has 5 rings (SSSR count). The third-order valence-electron chi connectivity index (χ3n) is 7.06. The fraction of sp³-hybridized carbons (Fsp3) is 0.407. The SMILES string of the molecule is CCCCCCN1CC(=O)N2[C@H](c3ccc(OC)cc3)c3[nH]c4ccccc4c3C[C@H]2C1=O. The van der Waals surface area contributed by atoms with Gasteiger partial charge >= 0.3 is 0 Å². The Bertz CT molecular complexity index is 1170. The number of benzene rings is 2. The van der Waals surface area contributed by atoms with E-state index in [9.17, 15) is 9.59 Å². The zero-order chi connectivity index (χ0) is 22.9. The minimum atomic E-state index is -0.476. The molecule has 1 N–H and O–H groups in total. The highest BCUT2D eigenvalue weighted by Crippen LogP contribution is 2.42. The average Bonchev–Trinajstić information content (AvgIpc) is 3.22. The zero-order valence-corrected chi connectivity index (χ0v) is 19.3. The molecule has 0 spiro atoms. The van der Waals surface area contributed by atoms with Crippen molar-refractivity contribution in [3.63, 3.8) is 0 Å². The number of aromatic nitrogens is 1. The number of carbonyl (C=O) groups excluding carboxylic acids is 2. The molecule has 2 aliphatic heterocycles. The summed E-state index contributed by atoms with van der Waals surface area (Å²) in [6.45, 7) is 2.99. The van der Waals surface area contributed by atoms with Crippen LogP contribution in [0.2, 0.25) is 0 Å². The first-order valence-electron chi connectivity index (χ1n) is 12.0. The average molecular weight is 446 g/mol. The summed E-state index contributed by atoms with van der Waals surface area (Å²) in [5.41, 5.74) is 4.17. The van der Waals surface area contributed by atoms with Crippen LogP contribution in [0.1, 0.15) is 55.5 Å². The molecule has 0 saturated carbocycles. The molecule has 6 heteroatoms. The summed E-state index contributed by atoms with van der Waals surface area (Å²) in [4.78, 5) is 34.3. The third-order valence-corrected chi connectivity index (χ3v) is 7.06. The van der Waals surface area contributed by atoms with Gasteiger partial charge < -0.3 is 19.5 Å². The molecule has 2 aliphatic rings. The predicted octanol–water partition coefficient (Wildman–Crippen LogP) is 4.44. The lowest BCUT2D eigenvalue weighted by molar-refractivity contribution is -0.158. The second-order valence-corrected chi connectivity index (χ2v) is 9.08. The normalized spacial score (nSPS) is 20.2. The Balaban J connectivity index is 1.56. The monoisotopic (exact) mass is 445 g/mol. The number of aromatic amines is 1. The first-order valence-corrected chi connectivity index (χ1v) is 12.0. The van der Waals surface area contributed by atoms with Crippen LogP contribution in [0.4, 0.5) is 0 Å². The highest BCUT2D eigenvalue weighted by Gasteiger charge is 2.48. The summed E-state index contributed by atoms with van der Waals surface area (Å²) in [5.74, 6) is 0.850. The van der Waals surface area contributed by atoms with E-state index in [4.69, 9.17) is 4.74 Å². The van der Waals surface area contributed by atoms with Crippen molar-refractivity contribution in [1.29, 1.82) is 0 Å². The number of methoxy groups -OCH3 is 1. The molecule has 1 saturated heterocycles. The second-order valence-electron chi connectivity index (χ2n) is 9.08. The number of piperazine rings is 1. The Kier molecular flexibility index (Phi) is 5.83. The van der Waals surface area contributed by atoms with E-state index in [0.717, 1.165) is 59.2 Å². The van der Waals surface area contributed by atoms with Gasteiger partial charge in [0.15, 0.2) is 0 Å². The summed E-state index contributed by atoms with van der Waals surface area (Å²) in [6, 6.07) is 15.2. The topological polar surface area (TPSA) is 65.6 Å². The number of H-pyrrole nitrogens is 1. The molecule has 6 nitrogen and oxygen atoms in total. The minimum absolute atomic E-state index is 0.0141. The van der Waals surface area contributed by atoms with E-state index in [1.54, 1.807) is 12.0 Å². The Morgan fingerprint density at radius 2 is 1.82 bits per heavy atom. The fourth-order valence-corrected chi connectivity index (χ4v) is 5.37. The van der Waals surface area contributed by atoms with Crippen molar-refractivity contribution in [2.45, 2.75) is 51.1 Å². The molecule has 1 fully saturated rings. The molecular formula is C27H31N3O3. The van der Waals surface area contributed by atoms with Gasteiger partial charge in [0.05, 0.1) is 19.7 Å². The summed E-state index contributed by atoms with van der Waals surface area (Å²) in [6.07, 6.45) is 4.88. The van der Waals surface area contributed by atoms with Crippen LogP contribution in [0.25, 0.3) is 10.9 Å². The quantitative estimate of drug-likeness (QED) is 0.547. The number of carbonyl (C=O) groups is 2. The second kappa shape index (κ2) is 8.93. The Hall–Kier alpha value is -3.28. The number of amides is 2. The summed E-state index contributed by atoms with van der Waals surface area (Å²) >= 11 is 0. The molecule has 2 aromatic carbocycles. The van der Waals surface area contributed by atoms with E-state index < -0.39 is 6.04 Å². The number of fused-ring (bicyclic) bond motifs is 4. The Morgan fingerprint density at radius 1 is 1.03 bits per heavy atom. The van der Waals surface area contributed by atoms with Crippen LogP contribution < -0.4 is 4.74 Å². The first-order chi connectivity index (χ1) is 16.1. The summed E-state index contributed by atoms with van der Waals surface area (Å²) in [7, 11) is 1.64. The number of hydrogen-bond donors (Lipinski definition) is 1.